The normalized spacial score (nSPS) is 32.2. The van der Waals surface area contributed by atoms with Crippen molar-refractivity contribution in [1.29, 1.82) is 0 Å². The molecule has 1 aliphatic heterocycles. The predicted octanol–water partition coefficient (Wildman–Crippen LogP) is 5.28. The standard InChI is InChI=1S/C26H29F3N6O/c1-14-9-30-24-20(32-14)5-22(33-23(24)19-8-25(26(27,28)29)6-16(19)7-25)34-11-15(2)36-21(13-34)17-10-31-35(12-17)18-3-4-18/h5,9-10,12,15-16,18-19,21H,3-4,6-8,11,13H2,1-2H3/t15-,16?,19?,21+,25?/m0/s1. The zero-order chi connectivity index (χ0) is 24.8. The van der Waals surface area contributed by atoms with Crippen molar-refractivity contribution >= 4 is 16.9 Å². The lowest BCUT2D eigenvalue weighted by Gasteiger charge is -2.40. The molecule has 0 amide bonds. The molecule has 8 rings (SSSR count). The highest BCUT2D eigenvalue weighted by Crippen LogP contribution is 2.70. The molecule has 0 radical (unpaired) electrons. The Morgan fingerprint density at radius 2 is 1.89 bits per heavy atom. The minimum absolute atomic E-state index is 0.00898. The molecule has 1 unspecified atom stereocenters. The molecule has 7 nitrogen and oxygen atoms in total. The topological polar surface area (TPSA) is 69.0 Å². The van der Waals surface area contributed by atoms with Gasteiger partial charge in [0.25, 0.3) is 0 Å². The molecule has 4 heterocycles. The van der Waals surface area contributed by atoms with E-state index >= 15 is 0 Å². The van der Waals surface area contributed by atoms with E-state index in [0.29, 0.717) is 35.9 Å². The number of morpholine rings is 1. The molecule has 4 aliphatic carbocycles. The third-order valence-electron chi connectivity index (χ3n) is 8.60. The molecule has 1 saturated heterocycles. The molecule has 3 aromatic rings. The van der Waals surface area contributed by atoms with Crippen LogP contribution in [0.1, 0.15) is 74.0 Å². The molecule has 36 heavy (non-hydrogen) atoms. The van der Waals surface area contributed by atoms with Gasteiger partial charge in [-0.25, -0.2) is 9.97 Å². The number of aromatic nitrogens is 5. The van der Waals surface area contributed by atoms with Crippen LogP contribution in [0.15, 0.2) is 24.7 Å². The zero-order valence-electron chi connectivity index (χ0n) is 20.4. The van der Waals surface area contributed by atoms with E-state index in [2.05, 4.69) is 21.2 Å². The molecular formula is C26H29F3N6O. The van der Waals surface area contributed by atoms with Gasteiger partial charge in [0.1, 0.15) is 17.4 Å². The lowest BCUT2D eigenvalue weighted by molar-refractivity contribution is -0.244. The van der Waals surface area contributed by atoms with Crippen LogP contribution in [0.5, 0.6) is 0 Å². The molecule has 10 heteroatoms. The second kappa shape index (κ2) is 7.63. The quantitative estimate of drug-likeness (QED) is 0.488. The molecule has 0 spiro atoms. The van der Waals surface area contributed by atoms with Crippen molar-refractivity contribution in [2.45, 2.75) is 76.3 Å². The van der Waals surface area contributed by atoms with Crippen molar-refractivity contribution in [1.82, 2.24) is 24.7 Å². The summed E-state index contributed by atoms with van der Waals surface area (Å²) in [5, 5.41) is 4.52. The molecule has 4 saturated carbocycles. The summed E-state index contributed by atoms with van der Waals surface area (Å²) in [5.74, 6) is 0.472. The number of rotatable bonds is 4. The van der Waals surface area contributed by atoms with E-state index in [1.165, 1.54) is 0 Å². The van der Waals surface area contributed by atoms with Gasteiger partial charge < -0.3 is 9.64 Å². The van der Waals surface area contributed by atoms with E-state index in [0.717, 1.165) is 29.9 Å². The van der Waals surface area contributed by atoms with Crippen molar-refractivity contribution in [2.24, 2.45) is 11.3 Å². The SMILES string of the molecule is Cc1cnc2c(C3CC4(C(F)(F)F)CC3C4)nc(N3C[C@H](C)O[C@@H](c4cnn(C5CC5)c4)C3)cc2n1. The van der Waals surface area contributed by atoms with E-state index in [9.17, 15) is 13.2 Å². The molecule has 0 N–H and O–H groups in total. The van der Waals surface area contributed by atoms with E-state index in [-0.39, 0.29) is 43.3 Å². The lowest BCUT2D eigenvalue weighted by atomic mass is 9.68. The van der Waals surface area contributed by atoms with Crippen LogP contribution in [0.25, 0.3) is 11.0 Å². The first-order valence-corrected chi connectivity index (χ1v) is 12.8. The van der Waals surface area contributed by atoms with Gasteiger partial charge in [-0.1, -0.05) is 0 Å². The number of fused-ring (bicyclic) bond motifs is 2. The van der Waals surface area contributed by atoms with Gasteiger partial charge in [0.15, 0.2) is 0 Å². The summed E-state index contributed by atoms with van der Waals surface area (Å²) in [6.45, 7) is 5.15. The number of ether oxygens (including phenoxy) is 1. The van der Waals surface area contributed by atoms with Crippen LogP contribution >= 0.6 is 0 Å². The zero-order valence-corrected chi connectivity index (χ0v) is 20.4. The number of hydrogen-bond donors (Lipinski definition) is 0. The number of nitrogens with zero attached hydrogens (tertiary/aromatic N) is 6. The fourth-order valence-corrected chi connectivity index (χ4v) is 6.58. The Hall–Kier alpha value is -2.75. The molecule has 0 aromatic carbocycles. The van der Waals surface area contributed by atoms with Gasteiger partial charge in [0.2, 0.25) is 0 Å². The molecule has 5 fully saturated rings. The van der Waals surface area contributed by atoms with E-state index in [4.69, 9.17) is 14.7 Å². The molecule has 2 bridgehead atoms. The molecule has 3 aromatic heterocycles. The van der Waals surface area contributed by atoms with Crippen molar-refractivity contribution in [3.8, 4) is 0 Å². The van der Waals surface area contributed by atoms with Crippen molar-refractivity contribution in [3.63, 3.8) is 0 Å². The Kier molecular flexibility index (Phi) is 4.76. The number of hydrogen-bond acceptors (Lipinski definition) is 6. The van der Waals surface area contributed by atoms with Gasteiger partial charge in [-0.3, -0.25) is 9.67 Å². The monoisotopic (exact) mass is 498 g/mol. The molecular weight excluding hydrogens is 469 g/mol. The van der Waals surface area contributed by atoms with Crippen molar-refractivity contribution in [2.75, 3.05) is 18.0 Å². The highest BCUT2D eigenvalue weighted by atomic mass is 19.4. The van der Waals surface area contributed by atoms with Gasteiger partial charge in [0, 0.05) is 36.5 Å². The molecule has 190 valence electrons. The summed E-state index contributed by atoms with van der Waals surface area (Å²) >= 11 is 0. The fourth-order valence-electron chi connectivity index (χ4n) is 6.58. The Morgan fingerprint density at radius 1 is 1.08 bits per heavy atom. The maximum atomic E-state index is 13.8. The Morgan fingerprint density at radius 3 is 2.61 bits per heavy atom. The summed E-state index contributed by atoms with van der Waals surface area (Å²) in [4.78, 5) is 16.5. The number of aryl methyl sites for hydroxylation is 1. The number of anilines is 1. The first-order valence-electron chi connectivity index (χ1n) is 12.8. The van der Waals surface area contributed by atoms with Crippen LogP contribution in [-0.4, -0.2) is 50.1 Å². The van der Waals surface area contributed by atoms with Crippen molar-refractivity contribution in [3.05, 3.63) is 41.6 Å². The van der Waals surface area contributed by atoms with E-state index < -0.39 is 11.6 Å². The second-order valence-corrected chi connectivity index (χ2v) is 11.3. The number of pyridine rings is 1. The molecule has 5 aliphatic rings. The van der Waals surface area contributed by atoms with E-state index in [1.54, 1.807) is 6.20 Å². The fraction of sp³-hybridized carbons (Fsp3) is 0.615. The third kappa shape index (κ3) is 3.51. The van der Waals surface area contributed by atoms with Gasteiger partial charge in [-0.05, 0) is 51.9 Å². The highest BCUT2D eigenvalue weighted by molar-refractivity contribution is 5.80. The lowest BCUT2D eigenvalue weighted by Crippen LogP contribution is -2.43. The smallest absolute Gasteiger partial charge is 0.367 e. The van der Waals surface area contributed by atoms with Crippen LogP contribution < -0.4 is 4.90 Å². The minimum atomic E-state index is -4.17. The average molecular weight is 499 g/mol. The highest BCUT2D eigenvalue weighted by Gasteiger charge is 2.69. The van der Waals surface area contributed by atoms with Crippen LogP contribution in [-0.2, 0) is 4.74 Å². The first-order chi connectivity index (χ1) is 17.2. The van der Waals surface area contributed by atoms with E-state index in [1.807, 2.05) is 30.8 Å². The van der Waals surface area contributed by atoms with Gasteiger partial charge in [-0.2, -0.15) is 18.3 Å². The number of alkyl halides is 3. The predicted molar refractivity (Wildman–Crippen MR) is 127 cm³/mol. The Labute approximate surface area is 207 Å². The maximum Gasteiger partial charge on any atom is 0.394 e. The minimum Gasteiger partial charge on any atom is -0.367 e. The summed E-state index contributed by atoms with van der Waals surface area (Å²) in [6, 6.07) is 2.43. The summed E-state index contributed by atoms with van der Waals surface area (Å²) in [5.41, 5.74) is 2.23. The maximum absolute atomic E-state index is 13.8. The van der Waals surface area contributed by atoms with Crippen LogP contribution in [0.2, 0.25) is 0 Å². The second-order valence-electron chi connectivity index (χ2n) is 11.3. The Balaban J connectivity index is 1.24. The first kappa shape index (κ1) is 22.4. The summed E-state index contributed by atoms with van der Waals surface area (Å²) < 4.78 is 49.8. The van der Waals surface area contributed by atoms with Gasteiger partial charge in [-0.15, -0.1) is 0 Å². The van der Waals surface area contributed by atoms with Gasteiger partial charge >= 0.3 is 6.18 Å². The van der Waals surface area contributed by atoms with Crippen LogP contribution in [0.4, 0.5) is 19.0 Å². The third-order valence-corrected chi connectivity index (χ3v) is 8.60. The molecule has 3 atom stereocenters. The van der Waals surface area contributed by atoms with Gasteiger partial charge in [0.05, 0.1) is 47.2 Å². The number of halogens is 3. The van der Waals surface area contributed by atoms with Crippen LogP contribution in [0.3, 0.4) is 0 Å². The summed E-state index contributed by atoms with van der Waals surface area (Å²) in [7, 11) is 0. The Bertz CT molecular complexity index is 1330. The van der Waals surface area contributed by atoms with Crippen molar-refractivity contribution < 1.29 is 17.9 Å². The largest absolute Gasteiger partial charge is 0.394 e. The summed E-state index contributed by atoms with van der Waals surface area (Å²) in [6.07, 6.45) is 4.07. The van der Waals surface area contributed by atoms with Crippen LogP contribution in [0, 0.1) is 18.3 Å². The average Bonchev–Trinajstić information content (AvgIpc) is 3.25.